The summed E-state index contributed by atoms with van der Waals surface area (Å²) in [4.78, 5) is 10.9. The van der Waals surface area contributed by atoms with Crippen molar-refractivity contribution < 1.29 is 4.42 Å². The Bertz CT molecular complexity index is 3720. The second-order valence-electron chi connectivity index (χ2n) is 15.2. The summed E-state index contributed by atoms with van der Waals surface area (Å²) in [7, 11) is 0. The highest BCUT2D eigenvalue weighted by atomic mass is 16.3. The molecule has 12 aromatic rings. The number of benzene rings is 9. The van der Waals surface area contributed by atoms with Gasteiger partial charge in [-0.05, 0) is 92.0 Å². The lowest BCUT2D eigenvalue weighted by atomic mass is 9.85. The van der Waals surface area contributed by atoms with Crippen molar-refractivity contribution in [3.63, 3.8) is 0 Å². The summed E-state index contributed by atoms with van der Waals surface area (Å²) in [6.45, 7) is 0. The van der Waals surface area contributed by atoms with Crippen LogP contribution in [0.4, 0.5) is 0 Å². The number of nitrogens with zero attached hydrogens (tertiary/aromatic N) is 3. The van der Waals surface area contributed by atoms with Crippen LogP contribution in [0, 0.1) is 0 Å². The van der Waals surface area contributed by atoms with Gasteiger partial charge in [0, 0.05) is 37.9 Å². The molecule has 0 N–H and O–H groups in total. The van der Waals surface area contributed by atoms with Crippen LogP contribution in [0.3, 0.4) is 0 Å². The Labute approximate surface area is 332 Å². The van der Waals surface area contributed by atoms with Gasteiger partial charge in [-0.15, -0.1) is 0 Å². The van der Waals surface area contributed by atoms with Crippen LogP contribution in [-0.2, 0) is 0 Å². The first-order chi connectivity index (χ1) is 28.8. The van der Waals surface area contributed by atoms with Gasteiger partial charge < -0.3 is 4.42 Å². The van der Waals surface area contributed by atoms with E-state index in [2.05, 4.69) is 193 Å². The number of aromatic nitrogens is 3. The van der Waals surface area contributed by atoms with Crippen LogP contribution < -0.4 is 0 Å². The normalized spacial score (nSPS) is 12.8. The molecule has 4 nitrogen and oxygen atoms in total. The second kappa shape index (κ2) is 11.8. The summed E-state index contributed by atoms with van der Waals surface area (Å²) < 4.78 is 8.81. The fraction of sp³-hybridized carbons (Fsp3) is 0. The number of furan rings is 1. The van der Waals surface area contributed by atoms with Gasteiger partial charge >= 0.3 is 0 Å². The van der Waals surface area contributed by atoms with E-state index < -0.39 is 0 Å². The molecule has 0 radical (unpaired) electrons. The minimum absolute atomic E-state index is 0.639. The van der Waals surface area contributed by atoms with Gasteiger partial charge in [0.05, 0.1) is 22.2 Å². The average molecular weight is 738 g/mol. The molecule has 0 aliphatic heterocycles. The lowest BCUT2D eigenvalue weighted by molar-refractivity contribution is 0.672. The minimum atomic E-state index is 0.639. The van der Waals surface area contributed by atoms with E-state index in [4.69, 9.17) is 14.4 Å². The molecule has 0 spiro atoms. The van der Waals surface area contributed by atoms with Crippen molar-refractivity contribution in [1.82, 2.24) is 14.5 Å². The largest absolute Gasteiger partial charge is 0.455 e. The van der Waals surface area contributed by atoms with Crippen LogP contribution >= 0.6 is 0 Å². The molecule has 0 amide bonds. The van der Waals surface area contributed by atoms with E-state index >= 15 is 0 Å². The third kappa shape index (κ3) is 4.34. The second-order valence-corrected chi connectivity index (χ2v) is 15.2. The number of rotatable bonds is 4. The zero-order valence-corrected chi connectivity index (χ0v) is 31.1. The Balaban J connectivity index is 1.12. The molecule has 0 saturated carbocycles. The molecule has 13 rings (SSSR count). The smallest absolute Gasteiger partial charge is 0.235 e. The van der Waals surface area contributed by atoms with Crippen LogP contribution in [0.25, 0.3) is 105 Å². The van der Waals surface area contributed by atoms with Crippen molar-refractivity contribution in [3.8, 4) is 17.2 Å². The molecule has 1 aliphatic rings. The molecular weight excluding hydrogens is 707 g/mol. The third-order valence-corrected chi connectivity index (χ3v) is 12.1. The van der Waals surface area contributed by atoms with Crippen molar-refractivity contribution in [3.05, 3.63) is 210 Å². The quantitative estimate of drug-likeness (QED) is 0.181. The fourth-order valence-electron chi connectivity index (χ4n) is 9.67. The van der Waals surface area contributed by atoms with E-state index in [0.717, 1.165) is 65.9 Å². The standard InChI is InChI=1S/C54H31N3O/c1-3-14-33(15-4-1)47-40-21-11-18-35-26-29-45-51(49(35)40)50-41(48(47)34-16-5-2-6-17-34)22-12-24-44(50)57(45)54-55-43-23-10-9-20-39(43)52(56-54)36-27-30-46-42(31-36)38-28-25-32-13-7-8-19-37(32)53(38)58-46/h1-31H. The minimum Gasteiger partial charge on any atom is -0.455 e. The van der Waals surface area contributed by atoms with Crippen LogP contribution in [-0.4, -0.2) is 14.5 Å². The summed E-state index contributed by atoms with van der Waals surface area (Å²) in [5.74, 6) is 0.639. The summed E-state index contributed by atoms with van der Waals surface area (Å²) in [6.07, 6.45) is 0. The molecule has 1 aliphatic carbocycles. The number of hydrogen-bond donors (Lipinski definition) is 0. The number of fused-ring (bicyclic) bond motifs is 6. The molecule has 58 heavy (non-hydrogen) atoms. The molecule has 268 valence electrons. The first kappa shape index (κ1) is 31.4. The van der Waals surface area contributed by atoms with Crippen molar-refractivity contribution >= 4 is 87.3 Å². The van der Waals surface area contributed by atoms with Gasteiger partial charge in [-0.1, -0.05) is 146 Å². The molecule has 3 heterocycles. The van der Waals surface area contributed by atoms with E-state index in [1.54, 1.807) is 0 Å². The molecule has 3 aromatic heterocycles. The summed E-state index contributed by atoms with van der Waals surface area (Å²) in [5.41, 5.74) is 13.9. The Morgan fingerprint density at radius 2 is 1.05 bits per heavy atom. The van der Waals surface area contributed by atoms with Crippen LogP contribution in [0.5, 0.6) is 0 Å². The van der Waals surface area contributed by atoms with E-state index in [-0.39, 0.29) is 0 Å². The van der Waals surface area contributed by atoms with E-state index in [0.29, 0.717) is 5.95 Å². The van der Waals surface area contributed by atoms with E-state index in [9.17, 15) is 0 Å². The maximum absolute atomic E-state index is 6.52. The fourth-order valence-corrected chi connectivity index (χ4v) is 9.67. The predicted molar refractivity (Wildman–Crippen MR) is 240 cm³/mol. The predicted octanol–water partition coefficient (Wildman–Crippen LogP) is 13.9. The average Bonchev–Trinajstić information content (AvgIpc) is 3.80. The molecule has 0 bridgehead atoms. The third-order valence-electron chi connectivity index (χ3n) is 12.1. The molecule has 0 unspecified atom stereocenters. The van der Waals surface area contributed by atoms with Crippen molar-refractivity contribution in [2.24, 2.45) is 0 Å². The van der Waals surface area contributed by atoms with Crippen molar-refractivity contribution in [2.45, 2.75) is 0 Å². The molecule has 4 heteroatoms. The Kier molecular flexibility index (Phi) is 6.41. The molecule has 0 saturated heterocycles. The monoisotopic (exact) mass is 737 g/mol. The summed E-state index contributed by atoms with van der Waals surface area (Å²) in [5, 5.41) is 10.3. The Morgan fingerprint density at radius 3 is 1.86 bits per heavy atom. The van der Waals surface area contributed by atoms with Gasteiger partial charge in [-0.25, -0.2) is 9.97 Å². The molecule has 0 fully saturated rings. The van der Waals surface area contributed by atoms with Crippen LogP contribution in [0.2, 0.25) is 0 Å². The van der Waals surface area contributed by atoms with E-state index in [1.165, 1.54) is 54.9 Å². The highest BCUT2D eigenvalue weighted by Gasteiger charge is 2.28. The van der Waals surface area contributed by atoms with Gasteiger partial charge in [0.1, 0.15) is 11.2 Å². The zero-order chi connectivity index (χ0) is 37.9. The molecular formula is C54H31N3O. The van der Waals surface area contributed by atoms with Crippen molar-refractivity contribution in [2.75, 3.05) is 0 Å². The van der Waals surface area contributed by atoms with E-state index in [1.807, 2.05) is 0 Å². The van der Waals surface area contributed by atoms with Gasteiger partial charge in [0.15, 0.2) is 0 Å². The lowest BCUT2D eigenvalue weighted by Gasteiger charge is -2.19. The van der Waals surface area contributed by atoms with Gasteiger partial charge in [-0.3, -0.25) is 4.57 Å². The highest BCUT2D eigenvalue weighted by Crippen LogP contribution is 2.50. The molecule has 9 aromatic carbocycles. The first-order valence-electron chi connectivity index (χ1n) is 19.7. The van der Waals surface area contributed by atoms with Gasteiger partial charge in [0.25, 0.3) is 0 Å². The van der Waals surface area contributed by atoms with Gasteiger partial charge in [0.2, 0.25) is 5.95 Å². The maximum atomic E-state index is 6.52. The Hall–Kier alpha value is -7.82. The SMILES string of the molecule is c1ccc(C2=C(c3ccccc3)c3cccc4c3c3c5c2cccc5ccc3n4-c2nc(-c3ccc4oc5c6ccccc6ccc5c4c3)c3ccccc3n2)cc1. The summed E-state index contributed by atoms with van der Waals surface area (Å²) in [6, 6.07) is 67.2. The van der Waals surface area contributed by atoms with Gasteiger partial charge in [-0.2, -0.15) is 0 Å². The topological polar surface area (TPSA) is 43.9 Å². The zero-order valence-electron chi connectivity index (χ0n) is 31.1. The first-order valence-corrected chi connectivity index (χ1v) is 19.7. The lowest BCUT2D eigenvalue weighted by Crippen LogP contribution is -2.04. The van der Waals surface area contributed by atoms with Crippen LogP contribution in [0.15, 0.2) is 192 Å². The maximum Gasteiger partial charge on any atom is 0.235 e. The summed E-state index contributed by atoms with van der Waals surface area (Å²) >= 11 is 0. The van der Waals surface area contributed by atoms with Crippen LogP contribution in [0.1, 0.15) is 22.3 Å². The Morgan fingerprint density at radius 1 is 0.397 bits per heavy atom. The number of hydrogen-bond acceptors (Lipinski definition) is 3. The van der Waals surface area contributed by atoms with Crippen molar-refractivity contribution in [1.29, 1.82) is 0 Å². The highest BCUT2D eigenvalue weighted by molar-refractivity contribution is 6.31. The molecule has 0 atom stereocenters. The number of para-hydroxylation sites is 1.